The number of hydrogen-bond acceptors (Lipinski definition) is 5. The molecule has 1 aromatic rings. The number of benzene rings is 1. The molecule has 0 atom stereocenters. The van der Waals surface area contributed by atoms with Crippen LogP contribution in [0.4, 0.5) is 10.2 Å². The Bertz CT molecular complexity index is 462. The predicted octanol–water partition coefficient (Wildman–Crippen LogP) is 2.08. The van der Waals surface area contributed by atoms with Gasteiger partial charge in [-0.15, -0.1) is 0 Å². The van der Waals surface area contributed by atoms with Crippen LogP contribution < -0.4 is 9.64 Å². The first-order valence-corrected chi connectivity index (χ1v) is 6.26. The van der Waals surface area contributed by atoms with Crippen molar-refractivity contribution in [1.29, 1.82) is 0 Å². The molecule has 0 N–H and O–H groups in total. The number of nitrogens with zero attached hydrogens (tertiary/aromatic N) is 1. The van der Waals surface area contributed by atoms with Crippen molar-refractivity contribution >= 4 is 17.9 Å². The van der Waals surface area contributed by atoms with E-state index in [1.54, 1.807) is 12.1 Å². The van der Waals surface area contributed by atoms with Gasteiger partial charge in [-0.2, -0.15) is 0 Å². The predicted molar refractivity (Wildman–Crippen MR) is 72.5 cm³/mol. The van der Waals surface area contributed by atoms with Crippen LogP contribution in [0.25, 0.3) is 0 Å². The minimum atomic E-state index is -0.886. The van der Waals surface area contributed by atoms with Gasteiger partial charge in [0, 0.05) is 25.0 Å². The summed E-state index contributed by atoms with van der Waals surface area (Å²) in [6.45, 7) is 0.317. The van der Waals surface area contributed by atoms with Gasteiger partial charge < -0.3 is 14.4 Å². The molecule has 1 rings (SSSR count). The third kappa shape index (κ3) is 4.87. The smallest absolute Gasteiger partial charge is 0.349 e. The van der Waals surface area contributed by atoms with E-state index in [-0.39, 0.29) is 6.42 Å². The number of halogens is 1. The van der Waals surface area contributed by atoms with Gasteiger partial charge in [0.1, 0.15) is 12.0 Å². The van der Waals surface area contributed by atoms with Crippen molar-refractivity contribution in [2.75, 3.05) is 25.6 Å². The van der Waals surface area contributed by atoms with Crippen molar-refractivity contribution in [2.24, 2.45) is 0 Å². The zero-order chi connectivity index (χ0) is 15.0. The van der Waals surface area contributed by atoms with E-state index in [4.69, 9.17) is 4.74 Å². The molecule has 0 aliphatic rings. The fraction of sp³-hybridized carbons (Fsp3) is 0.429. The lowest BCUT2D eigenvalue weighted by Crippen LogP contribution is -2.12. The molecule has 0 spiro atoms. The maximum Gasteiger partial charge on any atom is 0.349 e. The number of anilines is 1. The quantitative estimate of drug-likeness (QED) is 0.540. The van der Waals surface area contributed by atoms with Crippen molar-refractivity contribution in [2.45, 2.75) is 19.3 Å². The van der Waals surface area contributed by atoms with E-state index in [0.717, 1.165) is 17.5 Å². The second-order valence-corrected chi connectivity index (χ2v) is 4.45. The van der Waals surface area contributed by atoms with Gasteiger partial charge >= 0.3 is 5.97 Å². The van der Waals surface area contributed by atoms with Crippen molar-refractivity contribution in [1.82, 2.24) is 0 Å². The molecule has 0 aliphatic heterocycles. The molecule has 0 bridgehead atoms. The highest BCUT2D eigenvalue weighted by atomic mass is 19.3. The van der Waals surface area contributed by atoms with Crippen LogP contribution in [-0.4, -0.2) is 33.0 Å². The van der Waals surface area contributed by atoms with Gasteiger partial charge in [-0.25, -0.2) is 4.79 Å². The first kappa shape index (κ1) is 15.9. The molecule has 0 fully saturated rings. The molecule has 1 aromatic carbocycles. The van der Waals surface area contributed by atoms with Crippen LogP contribution in [0, 0.1) is 0 Å². The molecule has 0 aliphatic carbocycles. The molecule has 0 radical (unpaired) electrons. The lowest BCUT2D eigenvalue weighted by molar-refractivity contribution is -0.183. The Hall–Kier alpha value is -2.11. The SMILES string of the molecule is CN(C)c1cc(CCC(=O)OF)ccc1OCCC=O. The molecule has 110 valence electrons. The summed E-state index contributed by atoms with van der Waals surface area (Å²) >= 11 is 0. The second-order valence-electron chi connectivity index (χ2n) is 4.45. The van der Waals surface area contributed by atoms with Crippen molar-refractivity contribution < 1.29 is 23.8 Å². The molecular weight excluding hydrogens is 265 g/mol. The summed E-state index contributed by atoms with van der Waals surface area (Å²) in [5.41, 5.74) is 1.71. The Morgan fingerprint density at radius 3 is 2.75 bits per heavy atom. The van der Waals surface area contributed by atoms with Crippen LogP contribution in [0.3, 0.4) is 0 Å². The van der Waals surface area contributed by atoms with Crippen molar-refractivity contribution in [3.05, 3.63) is 23.8 Å². The highest BCUT2D eigenvalue weighted by Crippen LogP contribution is 2.28. The maximum atomic E-state index is 11.6. The number of rotatable bonds is 8. The topological polar surface area (TPSA) is 55.8 Å². The van der Waals surface area contributed by atoms with Crippen LogP contribution in [0.1, 0.15) is 18.4 Å². The van der Waals surface area contributed by atoms with Gasteiger partial charge in [-0.1, -0.05) is 6.07 Å². The van der Waals surface area contributed by atoms with Gasteiger partial charge in [0.2, 0.25) is 0 Å². The standard InChI is InChI=1S/C14H18FNO4/c1-16(2)12-10-11(5-7-14(18)20-15)4-6-13(12)19-9-3-8-17/h4,6,8,10H,3,5,7,9H2,1-2H3. The minimum Gasteiger partial charge on any atom is -0.491 e. The number of aryl methyl sites for hydroxylation is 1. The lowest BCUT2D eigenvalue weighted by Gasteiger charge is -2.18. The summed E-state index contributed by atoms with van der Waals surface area (Å²) in [6, 6.07) is 5.44. The highest BCUT2D eigenvalue weighted by Gasteiger charge is 2.09. The lowest BCUT2D eigenvalue weighted by atomic mass is 10.1. The van der Waals surface area contributed by atoms with Gasteiger partial charge in [-0.05, 0) is 24.1 Å². The molecule has 0 amide bonds. The molecule has 0 aromatic heterocycles. The van der Waals surface area contributed by atoms with Crippen molar-refractivity contribution in [3.8, 4) is 5.75 Å². The Morgan fingerprint density at radius 2 is 2.15 bits per heavy atom. The van der Waals surface area contributed by atoms with E-state index in [0.29, 0.717) is 25.2 Å². The number of carbonyl (C=O) groups is 2. The summed E-state index contributed by atoms with van der Waals surface area (Å²) < 4.78 is 17.1. The van der Waals surface area contributed by atoms with Crippen LogP contribution in [0.5, 0.6) is 5.75 Å². The van der Waals surface area contributed by atoms with Crippen LogP contribution >= 0.6 is 0 Å². The molecule has 6 heteroatoms. The van der Waals surface area contributed by atoms with Gasteiger partial charge in [-0.3, -0.25) is 4.94 Å². The molecular formula is C14H18FNO4. The third-order valence-electron chi connectivity index (χ3n) is 2.70. The van der Waals surface area contributed by atoms with Gasteiger partial charge in [0.05, 0.1) is 18.7 Å². The Labute approximate surface area is 117 Å². The van der Waals surface area contributed by atoms with E-state index in [1.807, 2.05) is 25.1 Å². The van der Waals surface area contributed by atoms with Crippen LogP contribution in [-0.2, 0) is 21.0 Å². The summed E-state index contributed by atoms with van der Waals surface area (Å²) in [6.07, 6.45) is 1.50. The highest BCUT2D eigenvalue weighted by molar-refractivity contribution is 5.69. The molecule has 20 heavy (non-hydrogen) atoms. The van der Waals surface area contributed by atoms with Crippen molar-refractivity contribution in [3.63, 3.8) is 0 Å². The third-order valence-corrected chi connectivity index (χ3v) is 2.70. The number of carbonyl (C=O) groups excluding carboxylic acids is 2. The Kier molecular flexibility index (Phi) is 6.49. The average Bonchev–Trinajstić information content (AvgIpc) is 2.45. The number of aldehydes is 1. The van der Waals surface area contributed by atoms with Gasteiger partial charge in [0.25, 0.3) is 0 Å². The average molecular weight is 283 g/mol. The van der Waals surface area contributed by atoms with E-state index in [2.05, 4.69) is 4.94 Å². The Balaban J connectivity index is 2.78. The van der Waals surface area contributed by atoms with Crippen LogP contribution in [0.15, 0.2) is 18.2 Å². The summed E-state index contributed by atoms with van der Waals surface area (Å²) in [5, 5.41) is 0. The van der Waals surface area contributed by atoms with E-state index in [1.165, 1.54) is 0 Å². The number of ether oxygens (including phenoxy) is 1. The minimum absolute atomic E-state index is 0.0191. The summed E-state index contributed by atoms with van der Waals surface area (Å²) in [7, 11) is 3.73. The zero-order valence-electron chi connectivity index (χ0n) is 11.6. The van der Waals surface area contributed by atoms with Crippen LogP contribution in [0.2, 0.25) is 0 Å². The molecule has 0 saturated heterocycles. The molecule has 0 saturated carbocycles. The molecule has 0 unspecified atom stereocenters. The van der Waals surface area contributed by atoms with E-state index >= 15 is 0 Å². The fourth-order valence-corrected chi connectivity index (χ4v) is 1.69. The summed E-state index contributed by atoms with van der Waals surface area (Å²) in [5.74, 6) is -0.226. The van der Waals surface area contributed by atoms with E-state index < -0.39 is 5.97 Å². The van der Waals surface area contributed by atoms with E-state index in [9.17, 15) is 14.1 Å². The fourth-order valence-electron chi connectivity index (χ4n) is 1.69. The first-order chi connectivity index (χ1) is 9.58. The van der Waals surface area contributed by atoms with Gasteiger partial charge in [0.15, 0.2) is 0 Å². The first-order valence-electron chi connectivity index (χ1n) is 6.26. The Morgan fingerprint density at radius 1 is 1.40 bits per heavy atom. The largest absolute Gasteiger partial charge is 0.491 e. The summed E-state index contributed by atoms with van der Waals surface area (Å²) in [4.78, 5) is 26.1. The second kappa shape index (κ2) is 8.14. The molecule has 0 heterocycles. The normalized spacial score (nSPS) is 9.95. The number of hydrogen-bond donors (Lipinski definition) is 0. The zero-order valence-corrected chi connectivity index (χ0v) is 11.6. The maximum absolute atomic E-state index is 11.6. The monoisotopic (exact) mass is 283 g/mol. The molecule has 5 nitrogen and oxygen atoms in total.